The fourth-order valence-corrected chi connectivity index (χ4v) is 2.74. The molecule has 0 aliphatic rings. The number of aryl methyl sites for hydroxylation is 1. The fourth-order valence-electron chi connectivity index (χ4n) is 2.74. The number of unbranched alkanes of at least 4 members (excludes halogenated alkanes) is 1. The smallest absolute Gasteiger partial charge is 0.0327 e. The molecule has 3 aromatic rings. The first-order chi connectivity index (χ1) is 11.9. The molecule has 0 saturated heterocycles. The molecule has 0 bridgehead atoms. The molecule has 0 aliphatic carbocycles. The van der Waals surface area contributed by atoms with Crippen LogP contribution in [-0.2, 0) is 6.42 Å². The summed E-state index contributed by atoms with van der Waals surface area (Å²) in [6.45, 7) is 2.23. The van der Waals surface area contributed by atoms with E-state index in [4.69, 9.17) is 0 Å². The SMILES string of the molecule is CCCCc1ccc(C#Cc2ccccc2-c2ccccc2)cc1. The summed E-state index contributed by atoms with van der Waals surface area (Å²) in [5.74, 6) is 6.65. The minimum atomic E-state index is 1.07. The van der Waals surface area contributed by atoms with Crippen LogP contribution in [0.5, 0.6) is 0 Å². The van der Waals surface area contributed by atoms with Gasteiger partial charge < -0.3 is 0 Å². The van der Waals surface area contributed by atoms with Crippen molar-refractivity contribution in [2.45, 2.75) is 26.2 Å². The van der Waals surface area contributed by atoms with E-state index in [9.17, 15) is 0 Å². The van der Waals surface area contributed by atoms with E-state index >= 15 is 0 Å². The quantitative estimate of drug-likeness (QED) is 0.511. The number of rotatable bonds is 4. The summed E-state index contributed by atoms with van der Waals surface area (Å²) in [5.41, 5.74) is 5.92. The van der Waals surface area contributed by atoms with Gasteiger partial charge in [-0.25, -0.2) is 0 Å². The summed E-state index contributed by atoms with van der Waals surface area (Å²) >= 11 is 0. The van der Waals surface area contributed by atoms with E-state index in [1.165, 1.54) is 29.5 Å². The highest BCUT2D eigenvalue weighted by Gasteiger charge is 2.01. The lowest BCUT2D eigenvalue weighted by atomic mass is 10.00. The van der Waals surface area contributed by atoms with Crippen LogP contribution in [0.1, 0.15) is 36.5 Å². The molecule has 0 aliphatic heterocycles. The first-order valence-electron chi connectivity index (χ1n) is 8.62. The van der Waals surface area contributed by atoms with Gasteiger partial charge in [0.1, 0.15) is 0 Å². The van der Waals surface area contributed by atoms with Crippen molar-refractivity contribution in [2.24, 2.45) is 0 Å². The van der Waals surface area contributed by atoms with E-state index in [0.29, 0.717) is 0 Å². The summed E-state index contributed by atoms with van der Waals surface area (Å²) in [6.07, 6.45) is 3.63. The second kappa shape index (κ2) is 8.18. The molecular formula is C24H22. The lowest BCUT2D eigenvalue weighted by Gasteiger charge is -2.04. The fraction of sp³-hybridized carbons (Fsp3) is 0.167. The van der Waals surface area contributed by atoms with Gasteiger partial charge in [-0.1, -0.05) is 85.8 Å². The van der Waals surface area contributed by atoms with Gasteiger partial charge in [0, 0.05) is 11.1 Å². The largest absolute Gasteiger partial charge is 0.0654 e. The molecule has 24 heavy (non-hydrogen) atoms. The lowest BCUT2D eigenvalue weighted by molar-refractivity contribution is 0.795. The maximum absolute atomic E-state index is 3.34. The van der Waals surface area contributed by atoms with Crippen molar-refractivity contribution in [1.82, 2.24) is 0 Å². The predicted molar refractivity (Wildman–Crippen MR) is 103 cm³/mol. The third kappa shape index (κ3) is 4.15. The van der Waals surface area contributed by atoms with E-state index in [1.54, 1.807) is 0 Å². The topological polar surface area (TPSA) is 0 Å². The number of hydrogen-bond acceptors (Lipinski definition) is 0. The van der Waals surface area contributed by atoms with E-state index in [2.05, 4.69) is 85.5 Å². The van der Waals surface area contributed by atoms with Crippen LogP contribution in [-0.4, -0.2) is 0 Å². The van der Waals surface area contributed by atoms with Gasteiger partial charge in [-0.05, 0) is 47.7 Å². The molecule has 0 spiro atoms. The van der Waals surface area contributed by atoms with Crippen molar-refractivity contribution in [1.29, 1.82) is 0 Å². The Kier molecular flexibility index (Phi) is 5.48. The molecule has 0 nitrogen and oxygen atoms in total. The Morgan fingerprint density at radius 1 is 0.708 bits per heavy atom. The molecule has 0 N–H and O–H groups in total. The summed E-state index contributed by atoms with van der Waals surface area (Å²) in [5, 5.41) is 0. The molecule has 0 unspecified atom stereocenters. The lowest BCUT2D eigenvalue weighted by Crippen LogP contribution is -1.86. The minimum absolute atomic E-state index is 1.07. The average molecular weight is 310 g/mol. The average Bonchev–Trinajstić information content (AvgIpc) is 2.66. The number of benzene rings is 3. The second-order valence-corrected chi connectivity index (χ2v) is 5.96. The van der Waals surface area contributed by atoms with Gasteiger partial charge in [-0.15, -0.1) is 0 Å². The zero-order chi connectivity index (χ0) is 16.6. The molecule has 0 fully saturated rings. The number of hydrogen-bond donors (Lipinski definition) is 0. The van der Waals surface area contributed by atoms with Crippen molar-refractivity contribution in [2.75, 3.05) is 0 Å². The summed E-state index contributed by atoms with van der Waals surface area (Å²) in [4.78, 5) is 0. The van der Waals surface area contributed by atoms with E-state index in [1.807, 2.05) is 12.1 Å². The summed E-state index contributed by atoms with van der Waals surface area (Å²) in [7, 11) is 0. The zero-order valence-electron chi connectivity index (χ0n) is 14.1. The molecule has 0 radical (unpaired) electrons. The zero-order valence-corrected chi connectivity index (χ0v) is 14.1. The van der Waals surface area contributed by atoms with Crippen LogP contribution in [0.3, 0.4) is 0 Å². The molecule has 0 amide bonds. The van der Waals surface area contributed by atoms with Crippen molar-refractivity contribution < 1.29 is 0 Å². The van der Waals surface area contributed by atoms with Crippen LogP contribution in [0.25, 0.3) is 11.1 Å². The van der Waals surface area contributed by atoms with Crippen molar-refractivity contribution >= 4 is 0 Å². The van der Waals surface area contributed by atoms with Gasteiger partial charge in [0.2, 0.25) is 0 Å². The molecule has 0 heteroatoms. The Balaban J connectivity index is 1.84. The van der Waals surface area contributed by atoms with Gasteiger partial charge in [-0.2, -0.15) is 0 Å². The third-order valence-electron chi connectivity index (χ3n) is 4.13. The Bertz CT molecular complexity index is 830. The highest BCUT2D eigenvalue weighted by Crippen LogP contribution is 2.22. The van der Waals surface area contributed by atoms with Gasteiger partial charge in [0.05, 0.1) is 0 Å². The maximum atomic E-state index is 3.34. The molecule has 0 heterocycles. The Morgan fingerprint density at radius 2 is 1.42 bits per heavy atom. The van der Waals surface area contributed by atoms with Crippen LogP contribution >= 0.6 is 0 Å². The van der Waals surface area contributed by atoms with E-state index in [-0.39, 0.29) is 0 Å². The molecular weight excluding hydrogens is 288 g/mol. The minimum Gasteiger partial charge on any atom is -0.0654 e. The van der Waals surface area contributed by atoms with Crippen LogP contribution in [0.2, 0.25) is 0 Å². The highest BCUT2D eigenvalue weighted by molar-refractivity contribution is 5.71. The summed E-state index contributed by atoms with van der Waals surface area (Å²) in [6, 6.07) is 27.4. The highest BCUT2D eigenvalue weighted by atomic mass is 14.0. The van der Waals surface area contributed by atoms with Crippen molar-refractivity contribution in [3.63, 3.8) is 0 Å². The first-order valence-corrected chi connectivity index (χ1v) is 8.62. The molecule has 3 rings (SSSR count). The Hall–Kier alpha value is -2.78. The molecule has 3 aromatic carbocycles. The van der Waals surface area contributed by atoms with Gasteiger partial charge in [0.25, 0.3) is 0 Å². The molecule has 118 valence electrons. The standard InChI is InChI=1S/C24H22/c1-2-3-9-20-14-16-21(17-15-20)18-19-23-12-7-8-13-24(23)22-10-5-4-6-11-22/h4-8,10-17H,2-3,9H2,1H3. The molecule has 0 saturated carbocycles. The van der Waals surface area contributed by atoms with Crippen molar-refractivity contribution in [3.05, 3.63) is 95.6 Å². The first kappa shape index (κ1) is 16.1. The van der Waals surface area contributed by atoms with Gasteiger partial charge in [0.15, 0.2) is 0 Å². The Morgan fingerprint density at radius 3 is 2.17 bits per heavy atom. The second-order valence-electron chi connectivity index (χ2n) is 5.96. The maximum Gasteiger partial charge on any atom is 0.0327 e. The van der Waals surface area contributed by atoms with Crippen LogP contribution in [0, 0.1) is 11.8 Å². The van der Waals surface area contributed by atoms with E-state index in [0.717, 1.165) is 17.5 Å². The van der Waals surface area contributed by atoms with E-state index < -0.39 is 0 Å². The predicted octanol–water partition coefficient (Wildman–Crippen LogP) is 6.10. The monoisotopic (exact) mass is 310 g/mol. The molecule has 0 atom stereocenters. The van der Waals surface area contributed by atoms with Gasteiger partial charge in [-0.3, -0.25) is 0 Å². The third-order valence-corrected chi connectivity index (χ3v) is 4.13. The Labute approximate surface area is 145 Å². The van der Waals surface area contributed by atoms with Crippen LogP contribution in [0.4, 0.5) is 0 Å². The summed E-state index contributed by atoms with van der Waals surface area (Å²) < 4.78 is 0. The normalized spacial score (nSPS) is 10.0. The van der Waals surface area contributed by atoms with Crippen LogP contribution in [0.15, 0.2) is 78.9 Å². The van der Waals surface area contributed by atoms with Crippen LogP contribution < -0.4 is 0 Å². The molecule has 0 aromatic heterocycles. The van der Waals surface area contributed by atoms with Gasteiger partial charge >= 0.3 is 0 Å². The van der Waals surface area contributed by atoms with Crippen molar-refractivity contribution in [3.8, 4) is 23.0 Å².